The summed E-state index contributed by atoms with van der Waals surface area (Å²) in [5, 5.41) is 0.194. The van der Waals surface area contributed by atoms with E-state index in [-0.39, 0.29) is 5.02 Å². The standard InChI is InChI=1S/C14H10ClFN2O/c1-7-3-2-4-9(12(7)17)14-18-11-6-8(16)5-10(15)13(11)19-14/h2-6H,17H2,1H3. The Bertz CT molecular complexity index is 782. The van der Waals surface area contributed by atoms with Crippen LogP contribution < -0.4 is 5.73 Å². The molecule has 0 aliphatic heterocycles. The number of hydrogen-bond acceptors (Lipinski definition) is 3. The molecule has 0 atom stereocenters. The van der Waals surface area contributed by atoms with Gasteiger partial charge in [-0.15, -0.1) is 0 Å². The van der Waals surface area contributed by atoms with Crippen LogP contribution in [0.3, 0.4) is 0 Å². The van der Waals surface area contributed by atoms with Crippen molar-refractivity contribution in [3.63, 3.8) is 0 Å². The van der Waals surface area contributed by atoms with Crippen LogP contribution in [-0.4, -0.2) is 4.98 Å². The lowest BCUT2D eigenvalue weighted by molar-refractivity contribution is 0.614. The second kappa shape index (κ2) is 4.24. The Morgan fingerprint density at radius 2 is 2.11 bits per heavy atom. The van der Waals surface area contributed by atoms with Gasteiger partial charge in [0.15, 0.2) is 5.58 Å². The number of benzene rings is 2. The maximum atomic E-state index is 13.3. The van der Waals surface area contributed by atoms with Crippen LogP contribution in [0.1, 0.15) is 5.56 Å². The number of nitrogens with two attached hydrogens (primary N) is 1. The highest BCUT2D eigenvalue weighted by Gasteiger charge is 2.15. The van der Waals surface area contributed by atoms with Gasteiger partial charge in [-0.1, -0.05) is 23.7 Å². The van der Waals surface area contributed by atoms with Gasteiger partial charge in [0.25, 0.3) is 0 Å². The quantitative estimate of drug-likeness (QED) is 0.678. The van der Waals surface area contributed by atoms with Crippen molar-refractivity contribution in [1.82, 2.24) is 4.98 Å². The lowest BCUT2D eigenvalue weighted by Crippen LogP contribution is -1.93. The van der Waals surface area contributed by atoms with Gasteiger partial charge < -0.3 is 10.2 Å². The smallest absolute Gasteiger partial charge is 0.229 e. The summed E-state index contributed by atoms with van der Waals surface area (Å²) in [4.78, 5) is 4.24. The number of anilines is 1. The van der Waals surface area contributed by atoms with E-state index >= 15 is 0 Å². The Morgan fingerprint density at radius 1 is 1.32 bits per heavy atom. The number of oxazole rings is 1. The van der Waals surface area contributed by atoms with Crippen molar-refractivity contribution in [3.8, 4) is 11.5 Å². The van der Waals surface area contributed by atoms with Crippen molar-refractivity contribution in [2.45, 2.75) is 6.92 Å². The van der Waals surface area contributed by atoms with Crippen molar-refractivity contribution in [3.05, 3.63) is 46.7 Å². The molecule has 3 nitrogen and oxygen atoms in total. The third kappa shape index (κ3) is 1.94. The zero-order valence-corrected chi connectivity index (χ0v) is 10.8. The number of fused-ring (bicyclic) bond motifs is 1. The molecule has 2 aromatic carbocycles. The Hall–Kier alpha value is -2.07. The predicted molar refractivity (Wildman–Crippen MR) is 73.6 cm³/mol. The molecule has 0 bridgehead atoms. The zero-order chi connectivity index (χ0) is 13.6. The Labute approximate surface area is 113 Å². The van der Waals surface area contributed by atoms with E-state index in [2.05, 4.69) is 4.98 Å². The predicted octanol–water partition coefficient (Wildman–Crippen LogP) is 4.18. The molecule has 0 radical (unpaired) electrons. The Kier molecular flexibility index (Phi) is 2.68. The highest BCUT2D eigenvalue weighted by molar-refractivity contribution is 6.34. The first-order valence-electron chi connectivity index (χ1n) is 5.67. The van der Waals surface area contributed by atoms with Crippen LogP contribution in [-0.2, 0) is 0 Å². The summed E-state index contributed by atoms with van der Waals surface area (Å²) in [6.45, 7) is 1.90. The van der Waals surface area contributed by atoms with Gasteiger partial charge in [-0.2, -0.15) is 0 Å². The molecule has 3 rings (SSSR count). The number of aromatic nitrogens is 1. The van der Waals surface area contributed by atoms with Gasteiger partial charge in [-0.25, -0.2) is 9.37 Å². The SMILES string of the molecule is Cc1cccc(-c2nc3cc(F)cc(Cl)c3o2)c1N. The molecule has 0 unspecified atom stereocenters. The fourth-order valence-electron chi connectivity index (χ4n) is 1.94. The average Bonchev–Trinajstić information content (AvgIpc) is 2.76. The van der Waals surface area contributed by atoms with Crippen LogP contribution in [0.4, 0.5) is 10.1 Å². The minimum Gasteiger partial charge on any atom is -0.434 e. The first kappa shape index (κ1) is 12.0. The number of aryl methyl sites for hydroxylation is 1. The Morgan fingerprint density at radius 3 is 2.89 bits per heavy atom. The van der Waals surface area contributed by atoms with Crippen LogP contribution >= 0.6 is 11.6 Å². The van der Waals surface area contributed by atoms with Gasteiger partial charge >= 0.3 is 0 Å². The maximum Gasteiger partial charge on any atom is 0.229 e. The van der Waals surface area contributed by atoms with Crippen molar-refractivity contribution in [2.24, 2.45) is 0 Å². The fourth-order valence-corrected chi connectivity index (χ4v) is 2.18. The lowest BCUT2D eigenvalue weighted by atomic mass is 10.1. The lowest BCUT2D eigenvalue weighted by Gasteiger charge is -2.03. The molecule has 0 aliphatic rings. The van der Waals surface area contributed by atoms with E-state index in [0.717, 1.165) is 5.56 Å². The van der Waals surface area contributed by atoms with E-state index in [4.69, 9.17) is 21.8 Å². The molecule has 0 saturated heterocycles. The third-order valence-electron chi connectivity index (χ3n) is 2.96. The van der Waals surface area contributed by atoms with E-state index in [0.29, 0.717) is 28.2 Å². The maximum absolute atomic E-state index is 13.3. The van der Waals surface area contributed by atoms with Crippen molar-refractivity contribution in [1.29, 1.82) is 0 Å². The van der Waals surface area contributed by atoms with E-state index < -0.39 is 5.82 Å². The van der Waals surface area contributed by atoms with Crippen molar-refractivity contribution in [2.75, 3.05) is 5.73 Å². The van der Waals surface area contributed by atoms with Gasteiger partial charge in [0.2, 0.25) is 5.89 Å². The van der Waals surface area contributed by atoms with E-state index in [1.165, 1.54) is 12.1 Å². The van der Waals surface area contributed by atoms with Gasteiger partial charge in [-0.05, 0) is 24.6 Å². The van der Waals surface area contributed by atoms with Gasteiger partial charge in [0, 0.05) is 11.8 Å². The van der Waals surface area contributed by atoms with E-state index in [1.54, 1.807) is 6.07 Å². The molecule has 0 spiro atoms. The molecule has 19 heavy (non-hydrogen) atoms. The first-order chi connectivity index (χ1) is 9.06. The monoisotopic (exact) mass is 276 g/mol. The van der Waals surface area contributed by atoms with Gasteiger partial charge in [0.1, 0.15) is 11.3 Å². The van der Waals surface area contributed by atoms with E-state index in [9.17, 15) is 4.39 Å². The van der Waals surface area contributed by atoms with E-state index in [1.807, 2.05) is 19.1 Å². The number of nitrogens with zero attached hydrogens (tertiary/aromatic N) is 1. The summed E-state index contributed by atoms with van der Waals surface area (Å²) in [5.41, 5.74) is 8.92. The second-order valence-corrected chi connectivity index (χ2v) is 4.70. The minimum atomic E-state index is -0.449. The third-order valence-corrected chi connectivity index (χ3v) is 3.24. The highest BCUT2D eigenvalue weighted by atomic mass is 35.5. The number of hydrogen-bond donors (Lipinski definition) is 1. The Balaban J connectivity index is 2.26. The largest absolute Gasteiger partial charge is 0.434 e. The molecule has 0 fully saturated rings. The summed E-state index contributed by atoms with van der Waals surface area (Å²) in [6, 6.07) is 8.03. The molecule has 1 heterocycles. The molecule has 0 saturated carbocycles. The minimum absolute atomic E-state index is 0.194. The number of para-hydroxylation sites is 1. The highest BCUT2D eigenvalue weighted by Crippen LogP contribution is 2.33. The zero-order valence-electron chi connectivity index (χ0n) is 10.1. The fraction of sp³-hybridized carbons (Fsp3) is 0.0714. The summed E-state index contributed by atoms with van der Waals surface area (Å²) < 4.78 is 18.8. The van der Waals surface area contributed by atoms with Crippen LogP contribution in [0.5, 0.6) is 0 Å². The summed E-state index contributed by atoms with van der Waals surface area (Å²) in [5.74, 6) is -0.113. The molecular formula is C14H10ClFN2O. The molecule has 96 valence electrons. The summed E-state index contributed by atoms with van der Waals surface area (Å²) in [7, 11) is 0. The molecular weight excluding hydrogens is 267 g/mol. The molecule has 5 heteroatoms. The van der Waals surface area contributed by atoms with Gasteiger partial charge in [-0.3, -0.25) is 0 Å². The van der Waals surface area contributed by atoms with Gasteiger partial charge in [0.05, 0.1) is 10.6 Å². The first-order valence-corrected chi connectivity index (χ1v) is 6.05. The summed E-state index contributed by atoms with van der Waals surface area (Å²) in [6.07, 6.45) is 0. The van der Waals surface area contributed by atoms with Crippen LogP contribution in [0, 0.1) is 12.7 Å². The molecule has 3 aromatic rings. The number of nitrogen functional groups attached to an aromatic ring is 1. The number of rotatable bonds is 1. The van der Waals surface area contributed by atoms with Crippen LogP contribution in [0.15, 0.2) is 34.7 Å². The molecule has 1 aromatic heterocycles. The molecule has 0 amide bonds. The van der Waals surface area contributed by atoms with Crippen molar-refractivity contribution >= 4 is 28.4 Å². The number of halogens is 2. The topological polar surface area (TPSA) is 52.0 Å². The van der Waals surface area contributed by atoms with Crippen LogP contribution in [0.25, 0.3) is 22.6 Å². The molecule has 0 aliphatic carbocycles. The molecule has 2 N–H and O–H groups in total. The van der Waals surface area contributed by atoms with Crippen molar-refractivity contribution < 1.29 is 8.81 Å². The van der Waals surface area contributed by atoms with Crippen LogP contribution in [0.2, 0.25) is 5.02 Å². The second-order valence-electron chi connectivity index (χ2n) is 4.29. The summed E-state index contributed by atoms with van der Waals surface area (Å²) >= 11 is 5.93. The average molecular weight is 277 g/mol. The normalized spacial score (nSPS) is 11.1.